The third-order valence-electron chi connectivity index (χ3n) is 2.55. The number of nitrogens with one attached hydrogen (secondary N) is 1. The van der Waals surface area contributed by atoms with E-state index < -0.39 is 0 Å². The fourth-order valence-corrected chi connectivity index (χ4v) is 1.82. The number of rotatable bonds is 5. The Morgan fingerprint density at radius 1 is 1.22 bits per heavy atom. The average molecular weight is 243 g/mol. The second-order valence-corrected chi connectivity index (χ2v) is 3.92. The molecule has 0 aliphatic heterocycles. The van der Waals surface area contributed by atoms with Gasteiger partial charge >= 0.3 is 0 Å². The lowest BCUT2D eigenvalue weighted by molar-refractivity contribution is 0.185. The minimum atomic E-state index is 0.602. The third-order valence-corrected chi connectivity index (χ3v) is 2.55. The van der Waals surface area contributed by atoms with Gasteiger partial charge in [-0.05, 0) is 18.6 Å². The lowest BCUT2D eigenvalue weighted by atomic mass is 10.1. The predicted molar refractivity (Wildman–Crippen MR) is 72.3 cm³/mol. The summed E-state index contributed by atoms with van der Waals surface area (Å²) in [7, 11) is 1.69. The molecule has 0 radical (unpaired) electrons. The van der Waals surface area contributed by atoms with Crippen LogP contribution >= 0.6 is 0 Å². The standard InChI is InChI=1S/C14H17N3O/c1-3-15-14-13(16-7-8-17-14)12-6-4-5-11(9-12)10-18-2/h4-9H,3,10H2,1-2H3,(H,15,17). The van der Waals surface area contributed by atoms with Crippen LogP contribution < -0.4 is 5.32 Å². The molecule has 0 amide bonds. The van der Waals surface area contributed by atoms with Gasteiger partial charge in [0.15, 0.2) is 5.82 Å². The van der Waals surface area contributed by atoms with Crippen molar-refractivity contribution in [2.24, 2.45) is 0 Å². The maximum atomic E-state index is 5.14. The summed E-state index contributed by atoms with van der Waals surface area (Å²) in [6.07, 6.45) is 3.40. The first-order valence-electron chi connectivity index (χ1n) is 5.98. The van der Waals surface area contributed by atoms with Gasteiger partial charge in [0.05, 0.1) is 6.61 Å². The van der Waals surface area contributed by atoms with Crippen molar-refractivity contribution in [2.45, 2.75) is 13.5 Å². The van der Waals surface area contributed by atoms with Crippen LogP contribution in [0.25, 0.3) is 11.3 Å². The Morgan fingerprint density at radius 3 is 2.83 bits per heavy atom. The number of aromatic nitrogens is 2. The van der Waals surface area contributed by atoms with Crippen molar-refractivity contribution < 1.29 is 4.74 Å². The van der Waals surface area contributed by atoms with E-state index in [1.165, 1.54) is 0 Å². The fraction of sp³-hybridized carbons (Fsp3) is 0.286. The quantitative estimate of drug-likeness (QED) is 0.877. The molecule has 0 bridgehead atoms. The van der Waals surface area contributed by atoms with E-state index in [4.69, 9.17) is 4.74 Å². The minimum absolute atomic E-state index is 0.602. The zero-order valence-corrected chi connectivity index (χ0v) is 10.7. The highest BCUT2D eigenvalue weighted by atomic mass is 16.5. The monoisotopic (exact) mass is 243 g/mol. The molecule has 0 aliphatic carbocycles. The highest BCUT2D eigenvalue weighted by Crippen LogP contribution is 2.24. The van der Waals surface area contributed by atoms with E-state index >= 15 is 0 Å². The summed E-state index contributed by atoms with van der Waals surface area (Å²) in [6, 6.07) is 8.16. The molecule has 0 saturated carbocycles. The van der Waals surface area contributed by atoms with E-state index in [0.29, 0.717) is 6.61 Å². The highest BCUT2D eigenvalue weighted by Gasteiger charge is 2.07. The summed E-state index contributed by atoms with van der Waals surface area (Å²) in [4.78, 5) is 8.72. The number of anilines is 1. The first-order chi connectivity index (χ1) is 8.85. The SMILES string of the molecule is CCNc1nccnc1-c1cccc(COC)c1. The van der Waals surface area contributed by atoms with Gasteiger partial charge in [0.2, 0.25) is 0 Å². The van der Waals surface area contributed by atoms with Gasteiger partial charge in [-0.25, -0.2) is 4.98 Å². The van der Waals surface area contributed by atoms with Crippen LogP contribution in [-0.2, 0) is 11.3 Å². The van der Waals surface area contributed by atoms with Crippen LogP contribution in [0.2, 0.25) is 0 Å². The lowest BCUT2D eigenvalue weighted by Gasteiger charge is -2.09. The maximum Gasteiger partial charge on any atom is 0.152 e. The van der Waals surface area contributed by atoms with Gasteiger partial charge in [-0.1, -0.05) is 18.2 Å². The van der Waals surface area contributed by atoms with E-state index in [1.54, 1.807) is 19.5 Å². The van der Waals surface area contributed by atoms with E-state index in [2.05, 4.69) is 21.4 Å². The molecule has 1 aromatic heterocycles. The van der Waals surface area contributed by atoms with Gasteiger partial charge in [-0.15, -0.1) is 0 Å². The van der Waals surface area contributed by atoms with Gasteiger partial charge < -0.3 is 10.1 Å². The minimum Gasteiger partial charge on any atom is -0.380 e. The molecular formula is C14H17N3O. The molecule has 0 unspecified atom stereocenters. The number of nitrogens with zero attached hydrogens (tertiary/aromatic N) is 2. The van der Waals surface area contributed by atoms with Crippen LogP contribution in [-0.4, -0.2) is 23.6 Å². The van der Waals surface area contributed by atoms with Crippen molar-refractivity contribution in [3.63, 3.8) is 0 Å². The lowest BCUT2D eigenvalue weighted by Crippen LogP contribution is -2.02. The number of hydrogen-bond donors (Lipinski definition) is 1. The van der Waals surface area contributed by atoms with Crippen LogP contribution in [0.5, 0.6) is 0 Å². The van der Waals surface area contributed by atoms with Crippen molar-refractivity contribution in [2.75, 3.05) is 19.0 Å². The maximum absolute atomic E-state index is 5.14. The molecule has 1 heterocycles. The van der Waals surface area contributed by atoms with Crippen molar-refractivity contribution >= 4 is 5.82 Å². The summed E-state index contributed by atoms with van der Waals surface area (Å²) in [6.45, 7) is 3.47. The molecule has 2 rings (SSSR count). The molecule has 0 spiro atoms. The van der Waals surface area contributed by atoms with E-state index in [0.717, 1.165) is 29.2 Å². The van der Waals surface area contributed by atoms with E-state index in [1.807, 2.05) is 25.1 Å². The second kappa shape index (κ2) is 6.12. The van der Waals surface area contributed by atoms with E-state index in [9.17, 15) is 0 Å². The van der Waals surface area contributed by atoms with Crippen LogP contribution in [0.15, 0.2) is 36.7 Å². The van der Waals surface area contributed by atoms with Crippen molar-refractivity contribution in [1.82, 2.24) is 9.97 Å². The van der Waals surface area contributed by atoms with Crippen molar-refractivity contribution in [3.05, 3.63) is 42.2 Å². The van der Waals surface area contributed by atoms with Crippen molar-refractivity contribution in [3.8, 4) is 11.3 Å². The average Bonchev–Trinajstić information content (AvgIpc) is 2.40. The second-order valence-electron chi connectivity index (χ2n) is 3.92. The van der Waals surface area contributed by atoms with Crippen LogP contribution in [0.3, 0.4) is 0 Å². The molecule has 0 fully saturated rings. The largest absolute Gasteiger partial charge is 0.380 e. The topological polar surface area (TPSA) is 47.0 Å². The normalized spacial score (nSPS) is 10.3. The molecular weight excluding hydrogens is 226 g/mol. The molecule has 1 aromatic carbocycles. The number of methoxy groups -OCH3 is 1. The van der Waals surface area contributed by atoms with Crippen LogP contribution in [0.1, 0.15) is 12.5 Å². The molecule has 1 N–H and O–H groups in total. The van der Waals surface area contributed by atoms with Gasteiger partial charge in [-0.3, -0.25) is 4.98 Å². The molecule has 4 nitrogen and oxygen atoms in total. The first kappa shape index (κ1) is 12.5. The number of ether oxygens (including phenoxy) is 1. The zero-order valence-electron chi connectivity index (χ0n) is 10.7. The zero-order chi connectivity index (χ0) is 12.8. The summed E-state index contributed by atoms with van der Waals surface area (Å²) in [5, 5.41) is 3.22. The molecule has 18 heavy (non-hydrogen) atoms. The summed E-state index contributed by atoms with van der Waals surface area (Å²) in [5.41, 5.74) is 3.05. The number of hydrogen-bond acceptors (Lipinski definition) is 4. The molecule has 2 aromatic rings. The summed E-state index contributed by atoms with van der Waals surface area (Å²) >= 11 is 0. The Morgan fingerprint density at radius 2 is 2.06 bits per heavy atom. The summed E-state index contributed by atoms with van der Waals surface area (Å²) in [5.74, 6) is 0.814. The van der Waals surface area contributed by atoms with Gasteiger partial charge in [0, 0.05) is 31.6 Å². The number of benzene rings is 1. The van der Waals surface area contributed by atoms with Crippen molar-refractivity contribution in [1.29, 1.82) is 0 Å². The van der Waals surface area contributed by atoms with E-state index in [-0.39, 0.29) is 0 Å². The Bertz CT molecular complexity index is 514. The van der Waals surface area contributed by atoms with Crippen LogP contribution in [0, 0.1) is 0 Å². The Labute approximate surface area is 107 Å². The smallest absolute Gasteiger partial charge is 0.152 e. The molecule has 94 valence electrons. The molecule has 4 heteroatoms. The first-order valence-corrected chi connectivity index (χ1v) is 5.98. The Balaban J connectivity index is 2.38. The molecule has 0 aliphatic rings. The molecule has 0 atom stereocenters. The fourth-order valence-electron chi connectivity index (χ4n) is 1.82. The highest BCUT2D eigenvalue weighted by molar-refractivity contribution is 5.71. The Hall–Kier alpha value is -1.94. The Kier molecular flexibility index (Phi) is 4.25. The third kappa shape index (κ3) is 2.84. The van der Waals surface area contributed by atoms with Gasteiger partial charge in [0.25, 0.3) is 0 Å². The molecule has 0 saturated heterocycles. The summed E-state index contributed by atoms with van der Waals surface area (Å²) < 4.78 is 5.14. The predicted octanol–water partition coefficient (Wildman–Crippen LogP) is 2.72. The van der Waals surface area contributed by atoms with Gasteiger partial charge in [-0.2, -0.15) is 0 Å². The van der Waals surface area contributed by atoms with Gasteiger partial charge in [0.1, 0.15) is 5.69 Å². The van der Waals surface area contributed by atoms with Crippen LogP contribution in [0.4, 0.5) is 5.82 Å².